The minimum absolute atomic E-state index is 1.01. The molecule has 2 heterocycles. The Hall–Kier alpha value is -2.82. The lowest BCUT2D eigenvalue weighted by atomic mass is 9.93. The van der Waals surface area contributed by atoms with Crippen molar-refractivity contribution in [3.63, 3.8) is 0 Å². The van der Waals surface area contributed by atoms with Gasteiger partial charge in [-0.25, -0.2) is 0 Å². The molecule has 0 radical (unpaired) electrons. The lowest BCUT2D eigenvalue weighted by molar-refractivity contribution is 0.425. The van der Waals surface area contributed by atoms with Gasteiger partial charge in [0.15, 0.2) is 10.1 Å². The fourth-order valence-corrected chi connectivity index (χ4v) is 7.41. The molecule has 1 aliphatic carbocycles. The number of rotatable bonds is 6. The lowest BCUT2D eigenvalue weighted by Crippen LogP contribution is -1.93. The first-order chi connectivity index (χ1) is 16.5. The Labute approximate surface area is 210 Å². The highest BCUT2D eigenvalue weighted by Gasteiger charge is 2.29. The van der Waals surface area contributed by atoms with Gasteiger partial charge in [0, 0.05) is 20.9 Å². The average molecular weight is 487 g/mol. The topological polar surface area (TPSA) is 18.5 Å². The van der Waals surface area contributed by atoms with E-state index in [0.29, 0.717) is 0 Å². The zero-order chi connectivity index (χ0) is 23.8. The summed E-state index contributed by atoms with van der Waals surface area (Å²) in [5.74, 6) is 0. The van der Waals surface area contributed by atoms with E-state index < -0.39 is 0 Å². The number of ether oxygens (including phenoxy) is 2. The van der Waals surface area contributed by atoms with Crippen molar-refractivity contribution < 1.29 is 9.47 Å². The van der Waals surface area contributed by atoms with Crippen molar-refractivity contribution in [1.29, 1.82) is 0 Å². The van der Waals surface area contributed by atoms with Crippen LogP contribution in [0.4, 0.5) is 0 Å². The molecule has 0 saturated carbocycles. The predicted molar refractivity (Wildman–Crippen MR) is 147 cm³/mol. The molecule has 0 aliphatic heterocycles. The number of allylic oxidation sites excluding steroid dienone is 2. The van der Waals surface area contributed by atoms with Crippen LogP contribution in [0.5, 0.6) is 10.1 Å². The van der Waals surface area contributed by atoms with Gasteiger partial charge in [0.25, 0.3) is 0 Å². The minimum Gasteiger partial charge on any atom is -0.487 e. The molecule has 0 amide bonds. The van der Waals surface area contributed by atoms with Gasteiger partial charge in [0.05, 0.1) is 14.2 Å². The van der Waals surface area contributed by atoms with E-state index in [1.807, 2.05) is 0 Å². The maximum atomic E-state index is 5.97. The molecule has 2 nitrogen and oxygen atoms in total. The summed E-state index contributed by atoms with van der Waals surface area (Å²) < 4.78 is 11.9. The van der Waals surface area contributed by atoms with Gasteiger partial charge in [0.1, 0.15) is 0 Å². The Morgan fingerprint density at radius 1 is 0.618 bits per heavy atom. The average Bonchev–Trinajstić information content (AvgIpc) is 3.54. The summed E-state index contributed by atoms with van der Waals surface area (Å²) in [6.07, 6.45) is 3.29. The molecule has 2 aromatic heterocycles. The molecular weight excluding hydrogens is 456 g/mol. The fourth-order valence-electron chi connectivity index (χ4n) is 5.10. The number of benzene rings is 2. The first-order valence-electron chi connectivity index (χ1n) is 11.7. The van der Waals surface area contributed by atoms with Crippen LogP contribution in [0.3, 0.4) is 0 Å². The summed E-state index contributed by atoms with van der Waals surface area (Å²) in [7, 11) is 3.59. The van der Waals surface area contributed by atoms with E-state index in [-0.39, 0.29) is 0 Å². The van der Waals surface area contributed by atoms with Crippen LogP contribution >= 0.6 is 22.7 Å². The highest BCUT2D eigenvalue weighted by Crippen LogP contribution is 2.54. The maximum Gasteiger partial charge on any atom is 0.181 e. The van der Waals surface area contributed by atoms with E-state index in [0.717, 1.165) is 29.4 Å². The van der Waals surface area contributed by atoms with Gasteiger partial charge >= 0.3 is 0 Å². The molecule has 0 saturated heterocycles. The summed E-state index contributed by atoms with van der Waals surface area (Å²) in [4.78, 5) is 2.59. The van der Waals surface area contributed by atoms with Crippen LogP contribution in [0.15, 0.2) is 54.6 Å². The zero-order valence-electron chi connectivity index (χ0n) is 20.5. The molecule has 0 fully saturated rings. The van der Waals surface area contributed by atoms with Crippen molar-refractivity contribution in [3.8, 4) is 31.0 Å². The highest BCUT2D eigenvalue weighted by molar-refractivity contribution is 7.18. The van der Waals surface area contributed by atoms with Gasteiger partial charge in [-0.2, -0.15) is 0 Å². The van der Waals surface area contributed by atoms with Crippen LogP contribution in [0.25, 0.3) is 32.0 Å². The van der Waals surface area contributed by atoms with Crippen LogP contribution < -0.4 is 9.47 Å². The van der Waals surface area contributed by atoms with Gasteiger partial charge < -0.3 is 9.47 Å². The second kappa shape index (κ2) is 9.44. The Kier molecular flexibility index (Phi) is 6.37. The third-order valence-corrected chi connectivity index (χ3v) is 9.38. The van der Waals surface area contributed by atoms with Crippen molar-refractivity contribution >= 4 is 33.8 Å². The summed E-state index contributed by atoms with van der Waals surface area (Å²) in [5.41, 5.74) is 11.8. The van der Waals surface area contributed by atoms with Crippen molar-refractivity contribution in [2.75, 3.05) is 14.2 Å². The number of thiophene rings is 2. The normalized spacial score (nSPS) is 13.6. The quantitative estimate of drug-likeness (QED) is 0.270. The Morgan fingerprint density at radius 3 is 1.56 bits per heavy atom. The third kappa shape index (κ3) is 3.89. The predicted octanol–water partition coefficient (Wildman–Crippen LogP) is 9.18. The fraction of sp³-hybridized carbons (Fsp3) is 0.267. The molecule has 2 aromatic carbocycles. The van der Waals surface area contributed by atoms with Crippen LogP contribution in [0.1, 0.15) is 47.1 Å². The molecule has 5 rings (SSSR count). The monoisotopic (exact) mass is 486 g/mol. The molecule has 4 heteroatoms. The van der Waals surface area contributed by atoms with Crippen molar-refractivity contribution in [3.05, 3.63) is 82.4 Å². The van der Waals surface area contributed by atoms with Crippen LogP contribution in [0.2, 0.25) is 0 Å². The number of methoxy groups -OCH3 is 2. The third-order valence-electron chi connectivity index (χ3n) is 6.77. The molecule has 0 N–H and O–H groups in total. The van der Waals surface area contributed by atoms with E-state index in [2.05, 4.69) is 75.4 Å². The van der Waals surface area contributed by atoms with Crippen LogP contribution in [-0.2, 0) is 0 Å². The molecule has 1 aliphatic rings. The molecule has 0 bridgehead atoms. The maximum absolute atomic E-state index is 5.97. The van der Waals surface area contributed by atoms with E-state index in [1.165, 1.54) is 59.8 Å². The largest absolute Gasteiger partial charge is 0.487 e. The SMILES string of the molecule is COc1sc(-c2ccccc2)c(C)c1C1=C(c2c(OC)sc(-c3ccc(C)cc3)c2C)CCC1. The number of hydrogen-bond donors (Lipinski definition) is 0. The molecular formula is C30H30O2S2. The lowest BCUT2D eigenvalue weighted by Gasteiger charge is -2.12. The van der Waals surface area contributed by atoms with E-state index >= 15 is 0 Å². The Balaban J connectivity index is 1.69. The smallest absolute Gasteiger partial charge is 0.181 e. The first-order valence-corrected chi connectivity index (χ1v) is 13.4. The van der Waals surface area contributed by atoms with E-state index in [1.54, 1.807) is 36.9 Å². The second-order valence-corrected chi connectivity index (χ2v) is 10.9. The van der Waals surface area contributed by atoms with E-state index in [9.17, 15) is 0 Å². The van der Waals surface area contributed by atoms with Gasteiger partial charge in [-0.15, -0.1) is 0 Å². The number of hydrogen-bond acceptors (Lipinski definition) is 4. The summed E-state index contributed by atoms with van der Waals surface area (Å²) >= 11 is 3.52. The summed E-state index contributed by atoms with van der Waals surface area (Å²) in [6, 6.07) is 19.5. The van der Waals surface area contributed by atoms with Gasteiger partial charge in [-0.3, -0.25) is 0 Å². The zero-order valence-corrected chi connectivity index (χ0v) is 22.1. The van der Waals surface area contributed by atoms with Gasteiger partial charge in [-0.1, -0.05) is 82.8 Å². The molecule has 4 aromatic rings. The summed E-state index contributed by atoms with van der Waals surface area (Å²) in [6.45, 7) is 6.63. The summed E-state index contributed by atoms with van der Waals surface area (Å²) in [5, 5.41) is 2.02. The van der Waals surface area contributed by atoms with Gasteiger partial charge in [0.2, 0.25) is 0 Å². The van der Waals surface area contributed by atoms with E-state index in [4.69, 9.17) is 9.47 Å². The molecule has 0 unspecified atom stereocenters. The van der Waals surface area contributed by atoms with Crippen LogP contribution in [0, 0.1) is 20.8 Å². The minimum atomic E-state index is 1.01. The molecule has 0 spiro atoms. The molecule has 0 atom stereocenters. The van der Waals surface area contributed by atoms with Crippen molar-refractivity contribution in [1.82, 2.24) is 0 Å². The van der Waals surface area contributed by atoms with Crippen molar-refractivity contribution in [2.24, 2.45) is 0 Å². The van der Waals surface area contributed by atoms with Crippen molar-refractivity contribution in [2.45, 2.75) is 40.0 Å². The highest BCUT2D eigenvalue weighted by atomic mass is 32.1. The number of aryl methyl sites for hydroxylation is 1. The standard InChI is InChI=1S/C30H30O2S2/c1-18-14-16-22(17-15-18)28-20(3)26(30(32-5)34-28)24-13-9-12-23(24)25-19(2)27(33-29(25)31-4)21-10-7-6-8-11-21/h6-8,10-11,14-17H,9,12-13H2,1-5H3. The second-order valence-electron chi connectivity index (χ2n) is 8.89. The molecule has 174 valence electrons. The first kappa shape index (κ1) is 22.9. The molecule has 34 heavy (non-hydrogen) atoms. The van der Waals surface area contributed by atoms with Crippen LogP contribution in [-0.4, -0.2) is 14.2 Å². The Morgan fingerprint density at radius 2 is 1.09 bits per heavy atom. The Bertz CT molecular complexity index is 1360. The van der Waals surface area contributed by atoms with Gasteiger partial charge in [-0.05, 0) is 73.4 Å².